The van der Waals surface area contributed by atoms with Gasteiger partial charge in [0.15, 0.2) is 5.82 Å². The number of fused-ring (bicyclic) bond motifs is 3. The van der Waals surface area contributed by atoms with E-state index in [1.54, 1.807) is 0 Å². The van der Waals surface area contributed by atoms with Crippen LogP contribution in [0.5, 0.6) is 0 Å². The molecule has 9 aromatic carbocycles. The SMILES string of the molecule is c1ccc(-c2ccc3c(-c4ccccc4)nc(-c4cc(-c5cc(-c6ccccc6)c6ccccc6c5)cc(-c5cc6ccccc6c(-c6ccccc6)n5)c4)nc3c2)cc1. The molecule has 0 radical (unpaired) electrons. The van der Waals surface area contributed by atoms with Crippen LogP contribution in [-0.4, -0.2) is 15.0 Å². The molecule has 60 heavy (non-hydrogen) atoms. The number of hydrogen-bond donors (Lipinski definition) is 0. The van der Waals surface area contributed by atoms with Crippen LogP contribution in [0.2, 0.25) is 0 Å². The predicted octanol–water partition coefficient (Wildman–Crippen LogP) is 15.0. The number of rotatable bonds is 7. The third kappa shape index (κ3) is 6.58. The zero-order valence-electron chi connectivity index (χ0n) is 32.7. The first-order valence-electron chi connectivity index (χ1n) is 20.3. The van der Waals surface area contributed by atoms with Crippen molar-refractivity contribution in [1.29, 1.82) is 0 Å². The lowest BCUT2D eigenvalue weighted by Gasteiger charge is -2.16. The lowest BCUT2D eigenvalue weighted by Crippen LogP contribution is -1.97. The van der Waals surface area contributed by atoms with Gasteiger partial charge < -0.3 is 0 Å². The van der Waals surface area contributed by atoms with Gasteiger partial charge >= 0.3 is 0 Å². The Labute approximate surface area is 349 Å². The van der Waals surface area contributed by atoms with E-state index in [4.69, 9.17) is 15.0 Å². The van der Waals surface area contributed by atoms with Crippen LogP contribution < -0.4 is 0 Å². The van der Waals surface area contributed by atoms with Crippen LogP contribution in [0, 0.1) is 0 Å². The van der Waals surface area contributed by atoms with Gasteiger partial charge in [0.2, 0.25) is 0 Å². The molecule has 0 N–H and O–H groups in total. The first kappa shape index (κ1) is 35.2. The molecule has 0 bridgehead atoms. The lowest BCUT2D eigenvalue weighted by molar-refractivity contribution is 1.23. The van der Waals surface area contributed by atoms with Crippen LogP contribution in [0.1, 0.15) is 0 Å². The average Bonchev–Trinajstić information content (AvgIpc) is 3.33. The zero-order chi connectivity index (χ0) is 39.8. The molecule has 0 fully saturated rings. The maximum Gasteiger partial charge on any atom is 0.160 e. The highest BCUT2D eigenvalue weighted by Gasteiger charge is 2.18. The van der Waals surface area contributed by atoms with Crippen LogP contribution in [0.25, 0.3) is 111 Å². The number of nitrogens with zero attached hydrogens (tertiary/aromatic N) is 3. The molecule has 280 valence electrons. The van der Waals surface area contributed by atoms with Crippen molar-refractivity contribution in [3.63, 3.8) is 0 Å². The van der Waals surface area contributed by atoms with Crippen LogP contribution in [0.15, 0.2) is 224 Å². The van der Waals surface area contributed by atoms with Gasteiger partial charge in [-0.15, -0.1) is 0 Å². The fraction of sp³-hybridized carbons (Fsp3) is 0. The molecule has 0 aliphatic carbocycles. The summed E-state index contributed by atoms with van der Waals surface area (Å²) in [4.78, 5) is 16.2. The van der Waals surface area contributed by atoms with E-state index in [-0.39, 0.29) is 0 Å². The summed E-state index contributed by atoms with van der Waals surface area (Å²) in [5.74, 6) is 0.655. The quantitative estimate of drug-likeness (QED) is 0.162. The molecule has 0 saturated heterocycles. The Kier molecular flexibility index (Phi) is 8.83. The summed E-state index contributed by atoms with van der Waals surface area (Å²) in [5.41, 5.74) is 14.4. The Morgan fingerprint density at radius 3 is 1.45 bits per heavy atom. The fourth-order valence-corrected chi connectivity index (χ4v) is 8.45. The average molecular weight is 764 g/mol. The second kappa shape index (κ2) is 15.1. The molecule has 0 saturated carbocycles. The Morgan fingerprint density at radius 2 is 0.767 bits per heavy atom. The van der Waals surface area contributed by atoms with E-state index in [1.165, 1.54) is 21.9 Å². The number of pyridine rings is 1. The Hall–Kier alpha value is -8.01. The van der Waals surface area contributed by atoms with Gasteiger partial charge in [-0.25, -0.2) is 15.0 Å². The molecular weight excluding hydrogens is 727 g/mol. The van der Waals surface area contributed by atoms with E-state index in [2.05, 4.69) is 218 Å². The molecule has 2 heterocycles. The maximum absolute atomic E-state index is 5.45. The van der Waals surface area contributed by atoms with Gasteiger partial charge in [-0.2, -0.15) is 0 Å². The van der Waals surface area contributed by atoms with Gasteiger partial charge in [0.25, 0.3) is 0 Å². The summed E-state index contributed by atoms with van der Waals surface area (Å²) < 4.78 is 0. The van der Waals surface area contributed by atoms with Gasteiger partial charge in [-0.1, -0.05) is 176 Å². The minimum absolute atomic E-state index is 0.655. The monoisotopic (exact) mass is 763 g/mol. The highest BCUT2D eigenvalue weighted by atomic mass is 14.9. The minimum Gasteiger partial charge on any atom is -0.247 e. The van der Waals surface area contributed by atoms with Gasteiger partial charge in [0, 0.05) is 33.0 Å². The highest BCUT2D eigenvalue weighted by molar-refractivity contribution is 6.02. The molecule has 3 nitrogen and oxygen atoms in total. The van der Waals surface area contributed by atoms with Crippen molar-refractivity contribution in [3.05, 3.63) is 224 Å². The molecule has 11 aromatic rings. The van der Waals surface area contributed by atoms with Crippen molar-refractivity contribution >= 4 is 32.4 Å². The summed E-state index contributed by atoms with van der Waals surface area (Å²) in [6, 6.07) is 79.4. The van der Waals surface area contributed by atoms with Gasteiger partial charge in [0.1, 0.15) is 0 Å². The number of benzene rings is 9. The molecule has 11 rings (SSSR count). The summed E-state index contributed by atoms with van der Waals surface area (Å²) in [7, 11) is 0. The summed E-state index contributed by atoms with van der Waals surface area (Å²) in [6.45, 7) is 0. The van der Waals surface area contributed by atoms with E-state index >= 15 is 0 Å². The molecule has 0 atom stereocenters. The van der Waals surface area contributed by atoms with Crippen molar-refractivity contribution in [2.24, 2.45) is 0 Å². The second-order valence-corrected chi connectivity index (χ2v) is 15.2. The Morgan fingerprint density at radius 1 is 0.250 bits per heavy atom. The van der Waals surface area contributed by atoms with Crippen molar-refractivity contribution in [3.8, 4) is 78.5 Å². The number of aromatic nitrogens is 3. The van der Waals surface area contributed by atoms with Crippen molar-refractivity contribution < 1.29 is 0 Å². The largest absolute Gasteiger partial charge is 0.247 e. The predicted molar refractivity (Wildman–Crippen MR) is 250 cm³/mol. The standard InChI is InChI=1S/C57H37N3/c1-5-17-38(18-6-1)42-29-30-51-54(36-42)59-57(60-56(51)41-23-11-4-12-24-41)48-33-45(46-31-43-25-13-15-27-49(43)52(35-46)39-19-7-2-8-20-39)32-47(34-48)53-37-44-26-14-16-28-50(44)55(58-53)40-21-9-3-10-22-40/h1-37H. The fourth-order valence-electron chi connectivity index (χ4n) is 8.45. The van der Waals surface area contributed by atoms with E-state index < -0.39 is 0 Å². The third-order valence-corrected chi connectivity index (χ3v) is 11.4. The molecule has 0 unspecified atom stereocenters. The van der Waals surface area contributed by atoms with Gasteiger partial charge in [-0.05, 0) is 98.1 Å². The van der Waals surface area contributed by atoms with Crippen LogP contribution in [0.4, 0.5) is 0 Å². The lowest BCUT2D eigenvalue weighted by atomic mass is 9.91. The minimum atomic E-state index is 0.655. The first-order chi connectivity index (χ1) is 29.7. The van der Waals surface area contributed by atoms with E-state index in [0.29, 0.717) is 5.82 Å². The van der Waals surface area contributed by atoms with Crippen LogP contribution >= 0.6 is 0 Å². The molecule has 0 spiro atoms. The normalized spacial score (nSPS) is 11.3. The summed E-state index contributed by atoms with van der Waals surface area (Å²) >= 11 is 0. The van der Waals surface area contributed by atoms with E-state index in [9.17, 15) is 0 Å². The van der Waals surface area contributed by atoms with E-state index in [0.717, 1.165) is 83.3 Å². The highest BCUT2D eigenvalue weighted by Crippen LogP contribution is 2.40. The van der Waals surface area contributed by atoms with E-state index in [1.807, 2.05) is 6.07 Å². The van der Waals surface area contributed by atoms with Crippen molar-refractivity contribution in [2.75, 3.05) is 0 Å². The number of hydrogen-bond acceptors (Lipinski definition) is 3. The maximum atomic E-state index is 5.45. The smallest absolute Gasteiger partial charge is 0.160 e. The Bertz CT molecular complexity index is 3200. The molecular formula is C57H37N3. The Balaban J connectivity index is 1.19. The zero-order valence-corrected chi connectivity index (χ0v) is 32.7. The van der Waals surface area contributed by atoms with Crippen LogP contribution in [0.3, 0.4) is 0 Å². The van der Waals surface area contributed by atoms with Crippen molar-refractivity contribution in [1.82, 2.24) is 15.0 Å². The van der Waals surface area contributed by atoms with Crippen molar-refractivity contribution in [2.45, 2.75) is 0 Å². The summed E-state index contributed by atoms with van der Waals surface area (Å²) in [6.07, 6.45) is 0. The molecule has 3 heteroatoms. The first-order valence-corrected chi connectivity index (χ1v) is 20.3. The summed E-state index contributed by atoms with van der Waals surface area (Å²) in [5, 5.41) is 5.65. The molecule has 0 aliphatic rings. The topological polar surface area (TPSA) is 38.7 Å². The van der Waals surface area contributed by atoms with Crippen LogP contribution in [-0.2, 0) is 0 Å². The van der Waals surface area contributed by atoms with Gasteiger partial charge in [0.05, 0.1) is 22.6 Å². The molecule has 0 amide bonds. The molecule has 0 aliphatic heterocycles. The third-order valence-electron chi connectivity index (χ3n) is 11.4. The van der Waals surface area contributed by atoms with Gasteiger partial charge in [-0.3, -0.25) is 0 Å². The molecule has 2 aromatic heterocycles. The second-order valence-electron chi connectivity index (χ2n) is 15.2.